The van der Waals surface area contributed by atoms with Gasteiger partial charge in [0.2, 0.25) is 0 Å². The number of halogens is 1. The fourth-order valence-electron chi connectivity index (χ4n) is 4.90. The smallest absolute Gasteiger partial charge is 0.255 e. The number of aryl methyl sites for hydroxylation is 1. The minimum absolute atomic E-state index is 0.0899. The Kier molecular flexibility index (Phi) is 4.85. The van der Waals surface area contributed by atoms with Crippen LogP contribution in [0.1, 0.15) is 47.3 Å². The molecule has 5 rings (SSSR count). The van der Waals surface area contributed by atoms with Crippen molar-refractivity contribution in [1.29, 1.82) is 0 Å². The highest BCUT2D eigenvalue weighted by Crippen LogP contribution is 2.46. The van der Waals surface area contributed by atoms with Crippen LogP contribution in [-0.4, -0.2) is 21.9 Å². The SMILES string of the molecule is CCCCN1C(=O)c2ccccc2C1c1c(-c2ccc(F)cc2)n(C)c2ccccc12. The van der Waals surface area contributed by atoms with Crippen LogP contribution < -0.4 is 0 Å². The maximum Gasteiger partial charge on any atom is 0.255 e. The van der Waals surface area contributed by atoms with Crippen molar-refractivity contribution in [3.8, 4) is 11.3 Å². The number of carbonyl (C=O) groups is 1. The lowest BCUT2D eigenvalue weighted by molar-refractivity contribution is 0.0748. The second-order valence-corrected chi connectivity index (χ2v) is 8.19. The number of rotatable bonds is 5. The molecule has 0 aliphatic carbocycles. The van der Waals surface area contributed by atoms with E-state index in [1.54, 1.807) is 0 Å². The molecule has 0 fully saturated rings. The van der Waals surface area contributed by atoms with Crippen LogP contribution in [0.2, 0.25) is 0 Å². The predicted octanol–water partition coefficient (Wildman–Crippen LogP) is 6.33. The number of aromatic nitrogens is 1. The number of nitrogens with zero attached hydrogens (tertiary/aromatic N) is 2. The molecule has 0 bridgehead atoms. The van der Waals surface area contributed by atoms with Crippen LogP contribution in [0.5, 0.6) is 0 Å². The fourth-order valence-corrected chi connectivity index (χ4v) is 4.90. The first-order valence-corrected chi connectivity index (χ1v) is 10.8. The van der Waals surface area contributed by atoms with Gasteiger partial charge in [-0.15, -0.1) is 0 Å². The van der Waals surface area contributed by atoms with Crippen molar-refractivity contribution >= 4 is 16.8 Å². The number of amides is 1. The summed E-state index contributed by atoms with van der Waals surface area (Å²) in [5, 5.41) is 1.13. The third-order valence-corrected chi connectivity index (χ3v) is 6.35. The van der Waals surface area contributed by atoms with E-state index >= 15 is 0 Å². The molecule has 156 valence electrons. The number of carbonyl (C=O) groups excluding carboxylic acids is 1. The van der Waals surface area contributed by atoms with E-state index in [1.807, 2.05) is 54.4 Å². The van der Waals surface area contributed by atoms with Gasteiger partial charge in [-0.3, -0.25) is 4.79 Å². The predicted molar refractivity (Wildman–Crippen MR) is 123 cm³/mol. The average Bonchev–Trinajstić information content (AvgIpc) is 3.24. The maximum absolute atomic E-state index is 13.7. The number of hydrogen-bond acceptors (Lipinski definition) is 1. The van der Waals surface area contributed by atoms with Gasteiger partial charge in [0.05, 0.1) is 11.7 Å². The Hall–Kier alpha value is -3.40. The largest absolute Gasteiger partial charge is 0.343 e. The van der Waals surface area contributed by atoms with Crippen molar-refractivity contribution in [2.75, 3.05) is 6.54 Å². The summed E-state index contributed by atoms with van der Waals surface area (Å²) in [4.78, 5) is 15.4. The van der Waals surface area contributed by atoms with Crippen molar-refractivity contribution in [3.63, 3.8) is 0 Å². The van der Waals surface area contributed by atoms with E-state index in [-0.39, 0.29) is 17.8 Å². The summed E-state index contributed by atoms with van der Waals surface area (Å²) in [5.41, 5.74) is 6.01. The lowest BCUT2D eigenvalue weighted by Crippen LogP contribution is -2.30. The zero-order valence-corrected chi connectivity index (χ0v) is 17.8. The first-order chi connectivity index (χ1) is 15.1. The summed E-state index contributed by atoms with van der Waals surface area (Å²) in [6.45, 7) is 2.85. The quantitative estimate of drug-likeness (QED) is 0.376. The first kappa shape index (κ1) is 19.6. The summed E-state index contributed by atoms with van der Waals surface area (Å²) < 4.78 is 15.9. The number of para-hydroxylation sites is 1. The molecule has 4 aromatic rings. The Morgan fingerprint density at radius 3 is 2.42 bits per heavy atom. The normalized spacial score (nSPS) is 15.6. The molecule has 0 radical (unpaired) electrons. The zero-order valence-electron chi connectivity index (χ0n) is 17.8. The maximum atomic E-state index is 13.7. The number of benzene rings is 3. The summed E-state index contributed by atoms with van der Waals surface area (Å²) in [7, 11) is 2.05. The van der Waals surface area contributed by atoms with Gasteiger partial charge in [-0.05, 0) is 53.9 Å². The lowest BCUT2D eigenvalue weighted by atomic mass is 9.93. The lowest BCUT2D eigenvalue weighted by Gasteiger charge is -2.27. The minimum atomic E-state index is -0.255. The average molecular weight is 413 g/mol. The van der Waals surface area contributed by atoms with E-state index in [0.717, 1.165) is 51.7 Å². The van der Waals surface area contributed by atoms with E-state index in [0.29, 0.717) is 6.54 Å². The highest BCUT2D eigenvalue weighted by Gasteiger charge is 2.40. The Labute approximate surface area is 181 Å². The van der Waals surface area contributed by atoms with Gasteiger partial charge in [-0.2, -0.15) is 0 Å². The van der Waals surface area contributed by atoms with Crippen molar-refractivity contribution in [1.82, 2.24) is 9.47 Å². The molecule has 3 aromatic carbocycles. The van der Waals surface area contributed by atoms with Gasteiger partial charge >= 0.3 is 0 Å². The van der Waals surface area contributed by atoms with E-state index < -0.39 is 0 Å². The molecule has 1 unspecified atom stereocenters. The molecule has 31 heavy (non-hydrogen) atoms. The first-order valence-electron chi connectivity index (χ1n) is 10.8. The minimum Gasteiger partial charge on any atom is -0.343 e. The molecule has 2 heterocycles. The molecule has 1 aliphatic rings. The van der Waals surface area contributed by atoms with Gasteiger partial charge in [-0.25, -0.2) is 4.39 Å². The summed E-state index contributed by atoms with van der Waals surface area (Å²) in [6, 6.07) is 22.7. The highest BCUT2D eigenvalue weighted by molar-refractivity contribution is 6.02. The molecule has 1 aromatic heterocycles. The topological polar surface area (TPSA) is 25.2 Å². The van der Waals surface area contributed by atoms with Crippen LogP contribution in [0.15, 0.2) is 72.8 Å². The van der Waals surface area contributed by atoms with Crippen LogP contribution >= 0.6 is 0 Å². The number of fused-ring (bicyclic) bond motifs is 2. The van der Waals surface area contributed by atoms with E-state index in [4.69, 9.17) is 0 Å². The highest BCUT2D eigenvalue weighted by atomic mass is 19.1. The zero-order chi connectivity index (χ0) is 21.5. The van der Waals surface area contributed by atoms with Crippen LogP contribution in [-0.2, 0) is 7.05 Å². The van der Waals surface area contributed by atoms with Crippen LogP contribution in [0.4, 0.5) is 4.39 Å². The number of unbranched alkanes of at least 4 members (excludes halogenated alkanes) is 1. The van der Waals surface area contributed by atoms with Crippen molar-refractivity contribution < 1.29 is 9.18 Å². The van der Waals surface area contributed by atoms with Gasteiger partial charge in [0.15, 0.2) is 0 Å². The van der Waals surface area contributed by atoms with E-state index in [2.05, 4.69) is 29.7 Å². The number of hydrogen-bond donors (Lipinski definition) is 0. The summed E-state index contributed by atoms with van der Waals surface area (Å²) >= 11 is 0. The Bertz CT molecular complexity index is 1270. The second-order valence-electron chi connectivity index (χ2n) is 8.19. The standard InChI is InChI=1S/C27H25FN2O/c1-3-4-17-30-26(20-9-5-6-10-21(20)27(30)31)24-22-11-7-8-12-23(22)29(2)25(24)18-13-15-19(28)16-14-18/h5-16,26H,3-4,17H2,1-2H3. The van der Waals surface area contributed by atoms with Crippen LogP contribution in [0, 0.1) is 5.82 Å². The van der Waals surface area contributed by atoms with Gasteiger partial charge in [-0.1, -0.05) is 49.7 Å². The molecule has 4 heteroatoms. The molecule has 0 spiro atoms. The van der Waals surface area contributed by atoms with Crippen molar-refractivity contribution in [2.45, 2.75) is 25.8 Å². The van der Waals surface area contributed by atoms with E-state index in [1.165, 1.54) is 12.1 Å². The van der Waals surface area contributed by atoms with Crippen LogP contribution in [0.25, 0.3) is 22.2 Å². The van der Waals surface area contributed by atoms with Crippen LogP contribution in [0.3, 0.4) is 0 Å². The van der Waals surface area contributed by atoms with Crippen molar-refractivity contribution in [2.24, 2.45) is 7.05 Å². The molecule has 1 amide bonds. The molecule has 1 aliphatic heterocycles. The molecule has 0 saturated heterocycles. The van der Waals surface area contributed by atoms with Gasteiger partial charge < -0.3 is 9.47 Å². The Morgan fingerprint density at radius 1 is 0.935 bits per heavy atom. The van der Waals surface area contributed by atoms with E-state index in [9.17, 15) is 9.18 Å². The van der Waals surface area contributed by atoms with Gasteiger partial charge in [0.25, 0.3) is 5.91 Å². The monoisotopic (exact) mass is 412 g/mol. The van der Waals surface area contributed by atoms with Gasteiger partial charge in [0, 0.05) is 35.6 Å². The van der Waals surface area contributed by atoms with Gasteiger partial charge in [0.1, 0.15) is 5.82 Å². The molecule has 0 saturated carbocycles. The summed E-state index contributed by atoms with van der Waals surface area (Å²) in [5.74, 6) is -0.165. The fraction of sp³-hybridized carbons (Fsp3) is 0.222. The molecule has 0 N–H and O–H groups in total. The van der Waals surface area contributed by atoms with Crippen molar-refractivity contribution in [3.05, 3.63) is 95.3 Å². The Balaban J connectivity index is 1.82. The molecular formula is C27H25FN2O. The third-order valence-electron chi connectivity index (χ3n) is 6.35. The Morgan fingerprint density at radius 2 is 1.65 bits per heavy atom. The molecular weight excluding hydrogens is 387 g/mol. The second kappa shape index (κ2) is 7.69. The third kappa shape index (κ3) is 3.05. The molecule has 1 atom stereocenters. The summed E-state index contributed by atoms with van der Waals surface area (Å²) in [6.07, 6.45) is 1.97. The molecule has 3 nitrogen and oxygen atoms in total.